The van der Waals surface area contributed by atoms with Gasteiger partial charge in [0.2, 0.25) is 0 Å². The second-order valence-corrected chi connectivity index (χ2v) is 9.93. The molecule has 1 aliphatic heterocycles. The van der Waals surface area contributed by atoms with Crippen LogP contribution in [0.3, 0.4) is 0 Å². The molecule has 1 amide bonds. The molecule has 8 nitrogen and oxygen atoms in total. The summed E-state index contributed by atoms with van der Waals surface area (Å²) < 4.78 is 11.4. The van der Waals surface area contributed by atoms with Gasteiger partial charge in [-0.15, -0.1) is 0 Å². The second-order valence-electron chi connectivity index (χ2n) is 9.93. The Morgan fingerprint density at radius 1 is 0.972 bits per heavy atom. The van der Waals surface area contributed by atoms with Gasteiger partial charge in [-0.1, -0.05) is 24.3 Å². The minimum atomic E-state index is -0.959. The zero-order valence-electron chi connectivity index (χ0n) is 21.1. The molecular weight excluding hydrogens is 458 g/mol. The van der Waals surface area contributed by atoms with Crippen LogP contribution >= 0.6 is 0 Å². The predicted molar refractivity (Wildman–Crippen MR) is 138 cm³/mol. The van der Waals surface area contributed by atoms with Crippen molar-refractivity contribution in [1.29, 1.82) is 0 Å². The summed E-state index contributed by atoms with van der Waals surface area (Å²) in [5.41, 5.74) is 2.41. The molecule has 0 atom stereocenters. The molecule has 0 unspecified atom stereocenters. The summed E-state index contributed by atoms with van der Waals surface area (Å²) in [6.07, 6.45) is 2.18. The average Bonchev–Trinajstić information content (AvgIpc) is 2.85. The Hall–Kier alpha value is -3.65. The van der Waals surface area contributed by atoms with Gasteiger partial charge in [-0.25, -0.2) is 9.59 Å². The van der Waals surface area contributed by atoms with E-state index in [1.165, 1.54) is 12.3 Å². The molecule has 0 radical (unpaired) electrons. The maximum Gasteiger partial charge on any atom is 0.410 e. The van der Waals surface area contributed by atoms with Gasteiger partial charge in [0.1, 0.15) is 11.4 Å². The molecule has 2 aromatic carbocycles. The Bertz CT molecular complexity index is 1210. The Morgan fingerprint density at radius 3 is 2.33 bits per heavy atom. The number of hydrogen-bond acceptors (Lipinski definition) is 6. The molecule has 0 aliphatic carbocycles. The van der Waals surface area contributed by atoms with Crippen LogP contribution in [0.2, 0.25) is 0 Å². The molecule has 0 spiro atoms. The zero-order chi connectivity index (χ0) is 25.7. The van der Waals surface area contributed by atoms with Crippen LogP contribution in [0, 0.1) is 0 Å². The number of carboxylic acid groups (broad SMARTS) is 1. The lowest BCUT2D eigenvalue weighted by Crippen LogP contribution is -2.50. The van der Waals surface area contributed by atoms with Gasteiger partial charge in [-0.3, -0.25) is 9.88 Å². The molecule has 1 aliphatic rings. The molecular formula is C28H33N3O5. The third-order valence-electron chi connectivity index (χ3n) is 6.07. The van der Waals surface area contributed by atoms with E-state index in [0.717, 1.165) is 42.9 Å². The molecule has 2 heterocycles. The Labute approximate surface area is 211 Å². The molecule has 4 rings (SSSR count). The number of ether oxygens (including phenoxy) is 2. The van der Waals surface area contributed by atoms with E-state index in [1.807, 2.05) is 57.2 Å². The zero-order valence-corrected chi connectivity index (χ0v) is 21.1. The highest BCUT2D eigenvalue weighted by Gasteiger charge is 2.25. The van der Waals surface area contributed by atoms with Crippen LogP contribution in [0.15, 0.2) is 54.7 Å². The maximum atomic E-state index is 12.2. The Kier molecular flexibility index (Phi) is 7.74. The van der Waals surface area contributed by atoms with Crippen LogP contribution in [0.5, 0.6) is 5.75 Å². The van der Waals surface area contributed by atoms with Gasteiger partial charge < -0.3 is 19.5 Å². The van der Waals surface area contributed by atoms with Crippen molar-refractivity contribution in [3.63, 3.8) is 0 Å². The maximum absolute atomic E-state index is 12.2. The smallest absolute Gasteiger partial charge is 0.410 e. The van der Waals surface area contributed by atoms with Crippen LogP contribution in [0.25, 0.3) is 22.0 Å². The van der Waals surface area contributed by atoms with Crippen LogP contribution in [-0.2, 0) is 4.74 Å². The standard InChI is InChI=1S/C28H33N3O5/c1-28(2,3)36-27(34)31-16-14-30(15-17-31)13-4-18-35-22-8-5-20(6-9-22)21-7-10-23-24(26(32)33)11-12-29-25(23)19-21/h5-12,19H,4,13-18H2,1-3H3,(H,32,33). The molecule has 3 aromatic rings. The fraction of sp³-hybridized carbons (Fsp3) is 0.393. The molecule has 1 fully saturated rings. The first-order valence-electron chi connectivity index (χ1n) is 12.3. The monoisotopic (exact) mass is 491 g/mol. The number of hydrogen-bond donors (Lipinski definition) is 1. The van der Waals surface area contributed by atoms with E-state index in [4.69, 9.17) is 9.47 Å². The average molecular weight is 492 g/mol. The van der Waals surface area contributed by atoms with E-state index in [2.05, 4.69) is 9.88 Å². The lowest BCUT2D eigenvalue weighted by atomic mass is 10.0. The van der Waals surface area contributed by atoms with Crippen molar-refractivity contribution in [1.82, 2.24) is 14.8 Å². The summed E-state index contributed by atoms with van der Waals surface area (Å²) in [4.78, 5) is 32.1. The number of aromatic nitrogens is 1. The molecule has 1 N–H and O–H groups in total. The van der Waals surface area contributed by atoms with Crippen molar-refractivity contribution in [2.45, 2.75) is 32.8 Å². The van der Waals surface area contributed by atoms with E-state index in [-0.39, 0.29) is 11.7 Å². The number of nitrogens with zero attached hydrogens (tertiary/aromatic N) is 3. The molecule has 8 heteroatoms. The number of piperazine rings is 1. The number of fused-ring (bicyclic) bond motifs is 1. The van der Waals surface area contributed by atoms with E-state index >= 15 is 0 Å². The largest absolute Gasteiger partial charge is 0.494 e. The fourth-order valence-corrected chi connectivity index (χ4v) is 4.22. The lowest BCUT2D eigenvalue weighted by molar-refractivity contribution is 0.0142. The highest BCUT2D eigenvalue weighted by Crippen LogP contribution is 2.27. The third-order valence-corrected chi connectivity index (χ3v) is 6.07. The van der Waals surface area contributed by atoms with E-state index in [9.17, 15) is 14.7 Å². The summed E-state index contributed by atoms with van der Waals surface area (Å²) in [5, 5.41) is 9.99. The normalized spacial score (nSPS) is 14.6. The van der Waals surface area contributed by atoms with Crippen LogP contribution in [-0.4, -0.2) is 76.9 Å². The van der Waals surface area contributed by atoms with Crippen LogP contribution in [0.1, 0.15) is 37.6 Å². The number of carboxylic acids is 1. The van der Waals surface area contributed by atoms with Gasteiger partial charge >= 0.3 is 12.1 Å². The van der Waals surface area contributed by atoms with Gasteiger partial charge in [-0.2, -0.15) is 0 Å². The van der Waals surface area contributed by atoms with Gasteiger partial charge in [-0.05, 0) is 62.6 Å². The minimum absolute atomic E-state index is 0.237. The Balaban J connectivity index is 1.23. The second kappa shape index (κ2) is 11.0. The number of pyridine rings is 1. The molecule has 190 valence electrons. The van der Waals surface area contributed by atoms with Gasteiger partial charge in [0.25, 0.3) is 0 Å². The number of amides is 1. The van der Waals surface area contributed by atoms with E-state index < -0.39 is 11.6 Å². The van der Waals surface area contributed by atoms with Crippen molar-refractivity contribution in [3.8, 4) is 16.9 Å². The lowest BCUT2D eigenvalue weighted by Gasteiger charge is -2.35. The SMILES string of the molecule is CC(C)(C)OC(=O)N1CCN(CCCOc2ccc(-c3ccc4c(C(=O)O)ccnc4c3)cc2)CC1. The van der Waals surface area contributed by atoms with Gasteiger partial charge in [0.05, 0.1) is 17.7 Å². The highest BCUT2D eigenvalue weighted by molar-refractivity contribution is 6.03. The van der Waals surface area contributed by atoms with Crippen LogP contribution in [0.4, 0.5) is 4.79 Å². The molecule has 0 bridgehead atoms. The fourth-order valence-electron chi connectivity index (χ4n) is 4.22. The van der Waals surface area contributed by atoms with Crippen molar-refractivity contribution in [3.05, 3.63) is 60.3 Å². The third kappa shape index (κ3) is 6.51. The minimum Gasteiger partial charge on any atom is -0.494 e. The van der Waals surface area contributed by atoms with Crippen LogP contribution < -0.4 is 4.74 Å². The number of carbonyl (C=O) groups excluding carboxylic acids is 1. The Morgan fingerprint density at radius 2 is 1.67 bits per heavy atom. The predicted octanol–water partition coefficient (Wildman–Crippen LogP) is 4.92. The first-order chi connectivity index (χ1) is 17.2. The number of carbonyl (C=O) groups is 2. The van der Waals surface area contributed by atoms with E-state index in [0.29, 0.717) is 30.6 Å². The van der Waals surface area contributed by atoms with Crippen molar-refractivity contribution >= 4 is 23.0 Å². The molecule has 36 heavy (non-hydrogen) atoms. The highest BCUT2D eigenvalue weighted by atomic mass is 16.6. The summed E-state index contributed by atoms with van der Waals surface area (Å²) in [7, 11) is 0. The topological polar surface area (TPSA) is 92.2 Å². The van der Waals surface area contributed by atoms with Gasteiger partial charge in [0.15, 0.2) is 0 Å². The first kappa shape index (κ1) is 25.4. The van der Waals surface area contributed by atoms with Crippen molar-refractivity contribution in [2.24, 2.45) is 0 Å². The first-order valence-corrected chi connectivity index (χ1v) is 12.3. The van der Waals surface area contributed by atoms with Crippen molar-refractivity contribution in [2.75, 3.05) is 39.3 Å². The van der Waals surface area contributed by atoms with Gasteiger partial charge in [0, 0.05) is 44.3 Å². The molecule has 1 aromatic heterocycles. The molecule has 1 saturated heterocycles. The number of aromatic carboxylic acids is 1. The number of benzene rings is 2. The summed E-state index contributed by atoms with van der Waals surface area (Å²) >= 11 is 0. The summed E-state index contributed by atoms with van der Waals surface area (Å²) in [5.74, 6) is -0.153. The summed E-state index contributed by atoms with van der Waals surface area (Å²) in [6, 6.07) is 15.0. The van der Waals surface area contributed by atoms with Crippen molar-refractivity contribution < 1.29 is 24.2 Å². The van der Waals surface area contributed by atoms with E-state index in [1.54, 1.807) is 11.0 Å². The quantitative estimate of drug-likeness (QED) is 0.469. The number of rotatable bonds is 7. The molecule has 0 saturated carbocycles. The summed E-state index contributed by atoms with van der Waals surface area (Å²) in [6.45, 7) is 10.2.